The Balaban J connectivity index is 2.19. The fraction of sp³-hybridized carbons (Fsp3) is 0.462. The van der Waals surface area contributed by atoms with E-state index in [0.717, 1.165) is 10.9 Å². The molecule has 0 atom stereocenters. The molecule has 1 aromatic rings. The highest BCUT2D eigenvalue weighted by Crippen LogP contribution is 2.42. The van der Waals surface area contributed by atoms with Crippen LogP contribution in [0, 0.1) is 11.2 Å². The fourth-order valence-corrected chi connectivity index (χ4v) is 2.71. The van der Waals surface area contributed by atoms with Crippen LogP contribution in [0.25, 0.3) is 0 Å². The molecule has 0 bridgehead atoms. The molecule has 5 heteroatoms. The maximum Gasteiger partial charge on any atom is 0.311 e. The largest absolute Gasteiger partial charge is 0.481 e. The number of rotatable bonds is 4. The molecule has 0 unspecified atom stereocenters. The van der Waals surface area contributed by atoms with Crippen molar-refractivity contribution >= 4 is 27.6 Å². The van der Waals surface area contributed by atoms with Gasteiger partial charge < -0.3 is 10.0 Å². The second-order valence-corrected chi connectivity index (χ2v) is 5.81. The molecule has 1 saturated carbocycles. The number of anilines is 1. The predicted octanol–water partition coefficient (Wildman–Crippen LogP) is 3.28. The summed E-state index contributed by atoms with van der Waals surface area (Å²) in [5.74, 6) is -1.11. The molecule has 0 aliphatic heterocycles. The maximum absolute atomic E-state index is 13.7. The molecule has 0 aromatic heterocycles. The van der Waals surface area contributed by atoms with Gasteiger partial charge in [-0.1, -0.05) is 22.4 Å². The number of carboxylic acids is 1. The zero-order valence-electron chi connectivity index (χ0n) is 10.1. The molecule has 18 heavy (non-hydrogen) atoms. The third-order valence-corrected chi connectivity index (χ3v) is 4.12. The van der Waals surface area contributed by atoms with Crippen LogP contribution >= 0.6 is 15.9 Å². The Morgan fingerprint density at radius 1 is 1.56 bits per heavy atom. The summed E-state index contributed by atoms with van der Waals surface area (Å²) in [7, 11) is 1.73. The Kier molecular flexibility index (Phi) is 3.61. The minimum Gasteiger partial charge on any atom is -0.481 e. The Labute approximate surface area is 114 Å². The van der Waals surface area contributed by atoms with Gasteiger partial charge in [0.1, 0.15) is 5.82 Å². The normalized spacial score (nSPS) is 17.1. The van der Waals surface area contributed by atoms with Crippen LogP contribution in [0.5, 0.6) is 0 Å². The summed E-state index contributed by atoms with van der Waals surface area (Å²) >= 11 is 3.29. The molecule has 1 aliphatic rings. The van der Waals surface area contributed by atoms with Crippen molar-refractivity contribution < 1.29 is 14.3 Å². The first-order valence-electron chi connectivity index (χ1n) is 5.84. The van der Waals surface area contributed by atoms with Gasteiger partial charge in [-0.25, -0.2) is 4.39 Å². The van der Waals surface area contributed by atoms with Gasteiger partial charge in [0.05, 0.1) is 11.1 Å². The second-order valence-electron chi connectivity index (χ2n) is 4.89. The first-order valence-corrected chi connectivity index (χ1v) is 6.63. The monoisotopic (exact) mass is 315 g/mol. The summed E-state index contributed by atoms with van der Waals surface area (Å²) in [6.45, 7) is 0.343. The lowest BCUT2D eigenvalue weighted by atomic mass is 9.68. The van der Waals surface area contributed by atoms with E-state index in [2.05, 4.69) is 15.9 Å². The number of benzene rings is 1. The molecule has 1 aliphatic carbocycles. The van der Waals surface area contributed by atoms with Crippen LogP contribution in [-0.2, 0) is 4.79 Å². The topological polar surface area (TPSA) is 40.5 Å². The van der Waals surface area contributed by atoms with Crippen molar-refractivity contribution in [3.05, 3.63) is 28.5 Å². The van der Waals surface area contributed by atoms with Crippen LogP contribution < -0.4 is 4.90 Å². The summed E-state index contributed by atoms with van der Waals surface area (Å²) < 4.78 is 14.5. The molecule has 0 spiro atoms. The van der Waals surface area contributed by atoms with E-state index in [4.69, 9.17) is 0 Å². The minimum absolute atomic E-state index is 0.333. The van der Waals surface area contributed by atoms with E-state index in [0.29, 0.717) is 25.1 Å². The zero-order chi connectivity index (χ0) is 13.3. The number of nitrogens with zero attached hydrogens (tertiary/aromatic N) is 1. The molecule has 0 radical (unpaired) electrons. The average Bonchev–Trinajstić information content (AvgIpc) is 2.26. The number of carboxylic acid groups (broad SMARTS) is 1. The summed E-state index contributed by atoms with van der Waals surface area (Å²) in [6.07, 6.45) is 2.27. The van der Waals surface area contributed by atoms with Crippen molar-refractivity contribution in [2.75, 3.05) is 18.5 Å². The highest BCUT2D eigenvalue weighted by Gasteiger charge is 2.45. The number of aliphatic carboxylic acids is 1. The highest BCUT2D eigenvalue weighted by molar-refractivity contribution is 9.10. The van der Waals surface area contributed by atoms with Crippen molar-refractivity contribution in [2.45, 2.75) is 19.3 Å². The number of hydrogen-bond acceptors (Lipinski definition) is 2. The molecule has 2 rings (SSSR count). The molecule has 1 N–H and O–H groups in total. The highest BCUT2D eigenvalue weighted by atomic mass is 79.9. The number of carbonyl (C=O) groups is 1. The molecule has 0 saturated heterocycles. The number of halogens is 2. The van der Waals surface area contributed by atoms with E-state index in [1.807, 2.05) is 0 Å². The van der Waals surface area contributed by atoms with Crippen molar-refractivity contribution in [1.29, 1.82) is 0 Å². The van der Waals surface area contributed by atoms with Gasteiger partial charge in [-0.15, -0.1) is 0 Å². The summed E-state index contributed by atoms with van der Waals surface area (Å²) in [5.41, 5.74) is -0.277. The van der Waals surface area contributed by atoms with Gasteiger partial charge in [0, 0.05) is 18.1 Å². The van der Waals surface area contributed by atoms with Crippen molar-refractivity contribution in [3.63, 3.8) is 0 Å². The quantitative estimate of drug-likeness (QED) is 0.927. The van der Waals surface area contributed by atoms with Crippen molar-refractivity contribution in [3.8, 4) is 0 Å². The lowest BCUT2D eigenvalue weighted by molar-refractivity contribution is -0.153. The third-order valence-electron chi connectivity index (χ3n) is 3.62. The molecule has 98 valence electrons. The van der Waals surface area contributed by atoms with Gasteiger partial charge in [0.15, 0.2) is 0 Å². The Hall–Kier alpha value is -1.10. The first-order chi connectivity index (χ1) is 8.44. The van der Waals surface area contributed by atoms with Crippen LogP contribution in [0.3, 0.4) is 0 Å². The van der Waals surface area contributed by atoms with Gasteiger partial charge in [-0.2, -0.15) is 0 Å². The molecule has 1 fully saturated rings. The smallest absolute Gasteiger partial charge is 0.311 e. The van der Waals surface area contributed by atoms with E-state index >= 15 is 0 Å². The van der Waals surface area contributed by atoms with Crippen LogP contribution in [-0.4, -0.2) is 24.7 Å². The molecule has 3 nitrogen and oxygen atoms in total. The third kappa shape index (κ3) is 2.36. The predicted molar refractivity (Wildman–Crippen MR) is 71.3 cm³/mol. The standard InChI is InChI=1S/C13H15BrFNO2/c1-16(8-13(12(17)18)5-2-6-13)11-7-9(14)3-4-10(11)15/h3-4,7H,2,5-6,8H2,1H3,(H,17,18). The molecule has 0 heterocycles. The molecule has 1 aromatic carbocycles. The van der Waals surface area contributed by atoms with Gasteiger partial charge in [-0.05, 0) is 31.0 Å². The van der Waals surface area contributed by atoms with Crippen LogP contribution in [0.1, 0.15) is 19.3 Å². The Morgan fingerprint density at radius 3 is 2.72 bits per heavy atom. The van der Waals surface area contributed by atoms with E-state index in [9.17, 15) is 14.3 Å². The summed E-state index contributed by atoms with van der Waals surface area (Å²) in [6, 6.07) is 4.68. The molecule has 0 amide bonds. The average molecular weight is 316 g/mol. The Bertz CT molecular complexity index is 474. The van der Waals surface area contributed by atoms with Crippen molar-refractivity contribution in [2.24, 2.45) is 5.41 Å². The number of hydrogen-bond donors (Lipinski definition) is 1. The van der Waals surface area contributed by atoms with Crippen molar-refractivity contribution in [1.82, 2.24) is 0 Å². The molecular weight excluding hydrogens is 301 g/mol. The fourth-order valence-electron chi connectivity index (χ4n) is 2.36. The second kappa shape index (κ2) is 4.88. The van der Waals surface area contributed by atoms with Gasteiger partial charge in [-0.3, -0.25) is 4.79 Å². The van der Waals surface area contributed by atoms with Gasteiger partial charge in [0.25, 0.3) is 0 Å². The van der Waals surface area contributed by atoms with Crippen LogP contribution in [0.15, 0.2) is 22.7 Å². The first kappa shape index (κ1) is 13.3. The van der Waals surface area contributed by atoms with E-state index < -0.39 is 11.4 Å². The maximum atomic E-state index is 13.7. The SMILES string of the molecule is CN(CC1(C(=O)O)CCC1)c1cc(Br)ccc1F. The lowest BCUT2D eigenvalue weighted by Gasteiger charge is -2.41. The van der Waals surface area contributed by atoms with Gasteiger partial charge in [0.2, 0.25) is 0 Å². The van der Waals surface area contributed by atoms with E-state index in [1.165, 1.54) is 6.07 Å². The van der Waals surface area contributed by atoms with E-state index in [1.54, 1.807) is 24.1 Å². The molecular formula is C13H15BrFNO2. The minimum atomic E-state index is -0.781. The van der Waals surface area contributed by atoms with Gasteiger partial charge >= 0.3 is 5.97 Å². The summed E-state index contributed by atoms with van der Waals surface area (Å²) in [4.78, 5) is 13.0. The zero-order valence-corrected chi connectivity index (χ0v) is 11.7. The van der Waals surface area contributed by atoms with E-state index in [-0.39, 0.29) is 5.82 Å². The van der Waals surface area contributed by atoms with Crippen LogP contribution in [0.2, 0.25) is 0 Å². The van der Waals surface area contributed by atoms with Crippen LogP contribution in [0.4, 0.5) is 10.1 Å². The Morgan fingerprint density at radius 2 is 2.22 bits per heavy atom. The summed E-state index contributed by atoms with van der Waals surface area (Å²) in [5, 5.41) is 9.27. The lowest BCUT2D eigenvalue weighted by Crippen LogP contribution is -2.47.